The summed E-state index contributed by atoms with van der Waals surface area (Å²) in [6.07, 6.45) is 2.40. The Balaban J connectivity index is 1.49. The zero-order valence-electron chi connectivity index (χ0n) is 16.8. The van der Waals surface area contributed by atoms with Crippen molar-refractivity contribution < 1.29 is 4.79 Å². The van der Waals surface area contributed by atoms with Crippen LogP contribution in [0.15, 0.2) is 42.7 Å². The lowest BCUT2D eigenvalue weighted by molar-refractivity contribution is 0.0947. The number of aromatic nitrogens is 2. The molecule has 28 heavy (non-hydrogen) atoms. The summed E-state index contributed by atoms with van der Waals surface area (Å²) in [5.74, 6) is 0.693. The fraction of sp³-hybridized carbons (Fsp3) is 0.476. The Morgan fingerprint density at radius 1 is 1.11 bits per heavy atom. The quantitative estimate of drug-likeness (QED) is 0.698. The molecule has 1 aromatic heterocycles. The molecule has 0 radical (unpaired) electrons. The van der Waals surface area contributed by atoms with Crippen molar-refractivity contribution in [2.24, 2.45) is 0 Å². The molecule has 7 heteroatoms. The summed E-state index contributed by atoms with van der Waals surface area (Å²) in [5, 5.41) is 2.94. The highest BCUT2D eigenvalue weighted by molar-refractivity contribution is 5.92. The molecule has 1 saturated heterocycles. The smallest absolute Gasteiger partial charge is 0.270 e. The van der Waals surface area contributed by atoms with E-state index in [1.54, 1.807) is 6.07 Å². The number of anilines is 1. The molecule has 2 aromatic rings. The van der Waals surface area contributed by atoms with Crippen LogP contribution in [0.2, 0.25) is 0 Å². The number of carbonyl (C=O) groups excluding carboxylic acids is 1. The van der Waals surface area contributed by atoms with Crippen molar-refractivity contribution in [1.29, 1.82) is 0 Å². The number of nitrogens with one attached hydrogen (secondary N) is 1. The second-order valence-corrected chi connectivity index (χ2v) is 7.42. The average Bonchev–Trinajstić information content (AvgIpc) is 2.72. The molecule has 1 amide bonds. The maximum atomic E-state index is 12.3. The Kier molecular flexibility index (Phi) is 7.33. The van der Waals surface area contributed by atoms with E-state index in [1.807, 2.05) is 20.2 Å². The summed E-state index contributed by atoms with van der Waals surface area (Å²) in [4.78, 5) is 27.7. The van der Waals surface area contributed by atoms with E-state index in [2.05, 4.69) is 54.2 Å². The van der Waals surface area contributed by atoms with Crippen LogP contribution in [0.1, 0.15) is 22.5 Å². The molecular weight excluding hydrogens is 352 g/mol. The molecule has 1 N–H and O–H groups in total. The van der Waals surface area contributed by atoms with Gasteiger partial charge >= 0.3 is 0 Å². The third-order valence-electron chi connectivity index (χ3n) is 4.90. The van der Waals surface area contributed by atoms with Crippen LogP contribution in [0.5, 0.6) is 0 Å². The van der Waals surface area contributed by atoms with Crippen molar-refractivity contribution >= 4 is 11.7 Å². The number of carbonyl (C=O) groups is 1. The third-order valence-corrected chi connectivity index (χ3v) is 4.90. The van der Waals surface area contributed by atoms with Gasteiger partial charge in [0.15, 0.2) is 0 Å². The number of piperazine rings is 1. The molecular formula is C21H30N6O. The standard InChI is InChI=1S/C21H30N6O/c1-25(2)10-6-9-22-21(28)19-15-20(24-17-23-19)27-13-11-26(12-14-27)16-18-7-4-3-5-8-18/h3-5,7-8,15,17H,6,9-14,16H2,1-2H3,(H,22,28). The van der Waals surface area contributed by atoms with Crippen LogP contribution in [0.4, 0.5) is 5.82 Å². The van der Waals surface area contributed by atoms with E-state index in [9.17, 15) is 4.79 Å². The van der Waals surface area contributed by atoms with Gasteiger partial charge in [-0.25, -0.2) is 9.97 Å². The van der Waals surface area contributed by atoms with Crippen LogP contribution in [0.25, 0.3) is 0 Å². The summed E-state index contributed by atoms with van der Waals surface area (Å²) >= 11 is 0. The van der Waals surface area contributed by atoms with Gasteiger partial charge in [0, 0.05) is 45.3 Å². The van der Waals surface area contributed by atoms with Gasteiger partial charge in [0.25, 0.3) is 5.91 Å². The molecule has 0 atom stereocenters. The van der Waals surface area contributed by atoms with Gasteiger partial charge in [-0.2, -0.15) is 0 Å². The summed E-state index contributed by atoms with van der Waals surface area (Å²) in [6, 6.07) is 12.3. The largest absolute Gasteiger partial charge is 0.354 e. The topological polar surface area (TPSA) is 64.6 Å². The summed E-state index contributed by atoms with van der Waals surface area (Å²) in [5.41, 5.74) is 1.77. The lowest BCUT2D eigenvalue weighted by Gasteiger charge is -2.35. The van der Waals surface area contributed by atoms with Gasteiger partial charge in [0.2, 0.25) is 0 Å². The van der Waals surface area contributed by atoms with Gasteiger partial charge < -0.3 is 15.1 Å². The van der Waals surface area contributed by atoms with Gasteiger partial charge in [-0.3, -0.25) is 9.69 Å². The molecule has 1 aliphatic heterocycles. The van der Waals surface area contributed by atoms with Gasteiger partial charge in [-0.15, -0.1) is 0 Å². The van der Waals surface area contributed by atoms with E-state index in [1.165, 1.54) is 11.9 Å². The summed E-state index contributed by atoms with van der Waals surface area (Å²) < 4.78 is 0. The third kappa shape index (κ3) is 6.00. The molecule has 150 valence electrons. The number of hydrogen-bond acceptors (Lipinski definition) is 6. The molecule has 0 spiro atoms. The number of benzene rings is 1. The average molecular weight is 383 g/mol. The lowest BCUT2D eigenvalue weighted by Crippen LogP contribution is -2.46. The molecule has 1 aromatic carbocycles. The minimum Gasteiger partial charge on any atom is -0.354 e. The Hall–Kier alpha value is -2.51. The minimum absolute atomic E-state index is 0.134. The van der Waals surface area contributed by atoms with Crippen molar-refractivity contribution in [2.75, 3.05) is 58.3 Å². The fourth-order valence-corrected chi connectivity index (χ4v) is 3.31. The molecule has 1 aliphatic rings. The second kappa shape index (κ2) is 10.1. The van der Waals surface area contributed by atoms with Crippen molar-refractivity contribution in [1.82, 2.24) is 25.1 Å². The monoisotopic (exact) mass is 382 g/mol. The van der Waals surface area contributed by atoms with Crippen molar-refractivity contribution in [2.45, 2.75) is 13.0 Å². The molecule has 7 nitrogen and oxygen atoms in total. The van der Waals surface area contributed by atoms with Gasteiger partial charge in [-0.1, -0.05) is 30.3 Å². The van der Waals surface area contributed by atoms with E-state index in [0.717, 1.165) is 51.5 Å². The SMILES string of the molecule is CN(C)CCCNC(=O)c1cc(N2CCN(Cc3ccccc3)CC2)ncn1. The maximum Gasteiger partial charge on any atom is 0.270 e. The summed E-state index contributed by atoms with van der Waals surface area (Å²) in [7, 11) is 4.05. The Morgan fingerprint density at radius 2 is 1.86 bits per heavy atom. The first-order chi connectivity index (χ1) is 13.6. The highest BCUT2D eigenvalue weighted by Gasteiger charge is 2.19. The highest BCUT2D eigenvalue weighted by Crippen LogP contribution is 2.15. The fourth-order valence-electron chi connectivity index (χ4n) is 3.31. The van der Waals surface area contributed by atoms with Crippen LogP contribution >= 0.6 is 0 Å². The van der Waals surface area contributed by atoms with Crippen LogP contribution in [-0.4, -0.2) is 79.0 Å². The zero-order valence-corrected chi connectivity index (χ0v) is 16.8. The van der Waals surface area contributed by atoms with E-state index in [-0.39, 0.29) is 5.91 Å². The maximum absolute atomic E-state index is 12.3. The van der Waals surface area contributed by atoms with Crippen molar-refractivity contribution in [3.8, 4) is 0 Å². The normalized spacial score (nSPS) is 15.0. The highest BCUT2D eigenvalue weighted by atomic mass is 16.1. The van der Waals surface area contributed by atoms with Crippen LogP contribution in [-0.2, 0) is 6.54 Å². The van der Waals surface area contributed by atoms with Crippen LogP contribution < -0.4 is 10.2 Å². The zero-order chi connectivity index (χ0) is 19.8. The molecule has 0 unspecified atom stereocenters. The number of amides is 1. The first-order valence-electron chi connectivity index (χ1n) is 9.88. The molecule has 0 aliphatic carbocycles. The predicted molar refractivity (Wildman–Crippen MR) is 111 cm³/mol. The summed E-state index contributed by atoms with van der Waals surface area (Å²) in [6.45, 7) is 6.31. The Labute approximate surface area is 167 Å². The number of nitrogens with zero attached hydrogens (tertiary/aromatic N) is 5. The van der Waals surface area contributed by atoms with Crippen LogP contribution in [0.3, 0.4) is 0 Å². The second-order valence-electron chi connectivity index (χ2n) is 7.42. The van der Waals surface area contributed by atoms with Gasteiger partial charge in [-0.05, 0) is 32.6 Å². The van der Waals surface area contributed by atoms with Crippen molar-refractivity contribution in [3.63, 3.8) is 0 Å². The van der Waals surface area contributed by atoms with E-state index < -0.39 is 0 Å². The van der Waals surface area contributed by atoms with Crippen molar-refractivity contribution in [3.05, 3.63) is 54.0 Å². The Bertz CT molecular complexity index is 744. The predicted octanol–water partition coefficient (Wildman–Crippen LogP) is 1.48. The molecule has 0 bridgehead atoms. The minimum atomic E-state index is -0.134. The van der Waals surface area contributed by atoms with Gasteiger partial charge in [0.05, 0.1) is 0 Å². The van der Waals surface area contributed by atoms with E-state index in [0.29, 0.717) is 12.2 Å². The van der Waals surface area contributed by atoms with Crippen LogP contribution in [0, 0.1) is 0 Å². The number of hydrogen-bond donors (Lipinski definition) is 1. The van der Waals surface area contributed by atoms with E-state index >= 15 is 0 Å². The molecule has 0 saturated carbocycles. The van der Waals surface area contributed by atoms with Gasteiger partial charge in [0.1, 0.15) is 17.8 Å². The molecule has 2 heterocycles. The number of rotatable bonds is 8. The first-order valence-corrected chi connectivity index (χ1v) is 9.88. The lowest BCUT2D eigenvalue weighted by atomic mass is 10.2. The molecule has 1 fully saturated rings. The first kappa shape index (κ1) is 20.2. The molecule has 3 rings (SSSR count). The Morgan fingerprint density at radius 3 is 2.57 bits per heavy atom. The van der Waals surface area contributed by atoms with E-state index in [4.69, 9.17) is 0 Å².